The van der Waals surface area contributed by atoms with Crippen LogP contribution in [0.3, 0.4) is 0 Å². The van der Waals surface area contributed by atoms with Gasteiger partial charge in [0.25, 0.3) is 0 Å². The first kappa shape index (κ1) is 16.2. The first-order valence-corrected chi connectivity index (χ1v) is 7.06. The second-order valence-electron chi connectivity index (χ2n) is 5.58. The lowest BCUT2D eigenvalue weighted by Gasteiger charge is -2.19. The number of aromatic carboxylic acids is 1. The number of aromatic nitrogens is 2. The van der Waals surface area contributed by atoms with Crippen LogP contribution in [-0.4, -0.2) is 40.2 Å². The van der Waals surface area contributed by atoms with E-state index in [4.69, 9.17) is 10.8 Å². The number of carbonyl (C=O) groups is 1. The van der Waals surface area contributed by atoms with Gasteiger partial charge >= 0.3 is 12.1 Å². The molecule has 3 rings (SSSR count). The predicted octanol–water partition coefficient (Wildman–Crippen LogP) is 1.18. The van der Waals surface area contributed by atoms with Crippen molar-refractivity contribution in [3.8, 4) is 0 Å². The molecule has 0 bridgehead atoms. The molecule has 0 spiro atoms. The summed E-state index contributed by atoms with van der Waals surface area (Å²) in [6.07, 6.45) is -3.36. The lowest BCUT2D eigenvalue weighted by molar-refractivity contribution is -0.136. The molecule has 2 aromatic heterocycles. The molecule has 7 nitrogen and oxygen atoms in total. The van der Waals surface area contributed by atoms with Gasteiger partial charge in [-0.15, -0.1) is 0 Å². The van der Waals surface area contributed by atoms with Crippen LogP contribution >= 0.6 is 0 Å². The normalized spacial score (nSPS) is 18.3. The number of nitrogens with two attached hydrogens (primary N) is 1. The number of halogens is 3. The molecule has 3 heterocycles. The Morgan fingerprint density at radius 1 is 1.46 bits per heavy atom. The molecular formula is C14H13F3N4O3. The van der Waals surface area contributed by atoms with Crippen LogP contribution in [0.4, 0.5) is 19.0 Å². The standard InChI is InChI=1S/C14H13F3N4O3/c15-14(16,17)8-3-9(21-2-1-6(18)5-21)20-12-10(8)11(22)7(4-19-12)13(23)24/h3-4,6H,1-2,5,18H2,(H,23,24)(H,19,20,22). The summed E-state index contributed by atoms with van der Waals surface area (Å²) in [6.45, 7) is 0.807. The van der Waals surface area contributed by atoms with Crippen LogP contribution in [0, 0.1) is 0 Å². The number of pyridine rings is 2. The highest BCUT2D eigenvalue weighted by atomic mass is 19.4. The number of alkyl halides is 3. The molecule has 0 aromatic carbocycles. The molecule has 0 aliphatic carbocycles. The quantitative estimate of drug-likeness (QED) is 0.755. The van der Waals surface area contributed by atoms with E-state index < -0.39 is 34.1 Å². The number of carboxylic acid groups (broad SMARTS) is 1. The summed E-state index contributed by atoms with van der Waals surface area (Å²) in [5, 5.41) is 8.15. The number of carboxylic acids is 1. The number of aromatic amines is 1. The lowest BCUT2D eigenvalue weighted by atomic mass is 10.1. The molecular weight excluding hydrogens is 329 g/mol. The molecule has 2 aromatic rings. The SMILES string of the molecule is NC1CCN(c2cc(C(F)(F)F)c3c(=O)c(C(=O)O)c[nH]c3n2)C1. The van der Waals surface area contributed by atoms with E-state index in [9.17, 15) is 22.8 Å². The molecule has 1 unspecified atom stereocenters. The minimum atomic E-state index is -4.83. The highest BCUT2D eigenvalue weighted by molar-refractivity contribution is 5.93. The number of fused-ring (bicyclic) bond motifs is 1. The number of hydrogen-bond acceptors (Lipinski definition) is 5. The highest BCUT2D eigenvalue weighted by Crippen LogP contribution is 2.35. The second-order valence-corrected chi connectivity index (χ2v) is 5.58. The van der Waals surface area contributed by atoms with Crippen molar-refractivity contribution < 1.29 is 23.1 Å². The first-order chi connectivity index (χ1) is 11.2. The van der Waals surface area contributed by atoms with Crippen LogP contribution in [0.15, 0.2) is 17.1 Å². The summed E-state index contributed by atoms with van der Waals surface area (Å²) >= 11 is 0. The zero-order valence-corrected chi connectivity index (χ0v) is 12.2. The van der Waals surface area contributed by atoms with Gasteiger partial charge < -0.3 is 20.7 Å². The van der Waals surface area contributed by atoms with Crippen molar-refractivity contribution in [2.45, 2.75) is 18.6 Å². The van der Waals surface area contributed by atoms with Crippen LogP contribution in [0.1, 0.15) is 22.3 Å². The van der Waals surface area contributed by atoms with Gasteiger partial charge in [-0.1, -0.05) is 0 Å². The second kappa shape index (κ2) is 5.48. The topological polar surface area (TPSA) is 112 Å². The summed E-state index contributed by atoms with van der Waals surface area (Å²) in [5.74, 6) is -1.57. The molecule has 10 heteroatoms. The van der Waals surface area contributed by atoms with Crippen molar-refractivity contribution in [1.29, 1.82) is 0 Å². The van der Waals surface area contributed by atoms with Crippen LogP contribution < -0.4 is 16.1 Å². The van der Waals surface area contributed by atoms with Gasteiger partial charge in [0, 0.05) is 25.3 Å². The summed E-state index contributed by atoms with van der Waals surface area (Å²) in [5.41, 5.74) is 2.24. The number of anilines is 1. The molecule has 1 fully saturated rings. The Hall–Kier alpha value is -2.62. The first-order valence-electron chi connectivity index (χ1n) is 7.06. The van der Waals surface area contributed by atoms with Gasteiger partial charge in [0.1, 0.15) is 17.0 Å². The zero-order chi connectivity index (χ0) is 17.6. The summed E-state index contributed by atoms with van der Waals surface area (Å²) in [7, 11) is 0. The number of nitrogens with zero attached hydrogens (tertiary/aromatic N) is 2. The fraction of sp³-hybridized carbons (Fsp3) is 0.357. The van der Waals surface area contributed by atoms with E-state index in [1.54, 1.807) is 4.90 Å². The molecule has 1 aliphatic rings. The van der Waals surface area contributed by atoms with Crippen molar-refractivity contribution in [3.63, 3.8) is 0 Å². The van der Waals surface area contributed by atoms with Gasteiger partial charge in [0.05, 0.1) is 10.9 Å². The molecule has 1 saturated heterocycles. The Bertz CT molecular complexity index is 878. The Kier molecular flexibility index (Phi) is 3.71. The van der Waals surface area contributed by atoms with Gasteiger partial charge in [0.2, 0.25) is 5.43 Å². The van der Waals surface area contributed by atoms with E-state index in [1.807, 2.05) is 0 Å². The maximum Gasteiger partial charge on any atom is 0.417 e. The Labute approximate surface area is 132 Å². The number of rotatable bonds is 2. The van der Waals surface area contributed by atoms with E-state index >= 15 is 0 Å². The third-order valence-corrected chi connectivity index (χ3v) is 3.92. The van der Waals surface area contributed by atoms with Crippen LogP contribution in [-0.2, 0) is 6.18 Å². The molecule has 4 N–H and O–H groups in total. The molecule has 1 aliphatic heterocycles. The van der Waals surface area contributed by atoms with Crippen molar-refractivity contribution in [2.75, 3.05) is 18.0 Å². The number of H-pyrrole nitrogens is 1. The minimum absolute atomic E-state index is 0.0431. The molecule has 0 amide bonds. The third kappa shape index (κ3) is 2.68. The average Bonchev–Trinajstić information content (AvgIpc) is 2.91. The molecule has 0 saturated carbocycles. The summed E-state index contributed by atoms with van der Waals surface area (Å²) < 4.78 is 40.2. The van der Waals surface area contributed by atoms with E-state index in [1.165, 1.54) is 0 Å². The van der Waals surface area contributed by atoms with Crippen LogP contribution in [0.2, 0.25) is 0 Å². The van der Waals surface area contributed by atoms with Gasteiger partial charge in [-0.3, -0.25) is 4.79 Å². The minimum Gasteiger partial charge on any atom is -0.477 e. The Balaban J connectivity index is 2.29. The summed E-state index contributed by atoms with van der Waals surface area (Å²) in [6, 6.07) is 0.603. The van der Waals surface area contributed by atoms with Gasteiger partial charge in [-0.2, -0.15) is 13.2 Å². The smallest absolute Gasteiger partial charge is 0.417 e. The van der Waals surface area contributed by atoms with E-state index in [0.29, 0.717) is 19.5 Å². The van der Waals surface area contributed by atoms with Crippen molar-refractivity contribution >= 4 is 22.8 Å². The fourth-order valence-electron chi connectivity index (χ4n) is 2.75. The molecule has 0 radical (unpaired) electrons. The average molecular weight is 342 g/mol. The van der Waals surface area contributed by atoms with Crippen LogP contribution in [0.5, 0.6) is 0 Å². The van der Waals surface area contributed by atoms with Crippen molar-refractivity contribution in [3.05, 3.63) is 33.6 Å². The van der Waals surface area contributed by atoms with Gasteiger partial charge in [-0.25, -0.2) is 9.78 Å². The van der Waals surface area contributed by atoms with Crippen molar-refractivity contribution in [1.82, 2.24) is 9.97 Å². The fourth-order valence-corrected chi connectivity index (χ4v) is 2.75. The third-order valence-electron chi connectivity index (χ3n) is 3.92. The van der Waals surface area contributed by atoms with Crippen molar-refractivity contribution in [2.24, 2.45) is 5.73 Å². The van der Waals surface area contributed by atoms with E-state index in [-0.39, 0.29) is 17.5 Å². The number of nitrogens with one attached hydrogen (secondary N) is 1. The Morgan fingerprint density at radius 2 is 2.17 bits per heavy atom. The lowest BCUT2D eigenvalue weighted by Crippen LogP contribution is -2.28. The number of hydrogen-bond donors (Lipinski definition) is 3. The molecule has 128 valence electrons. The van der Waals surface area contributed by atoms with E-state index in [0.717, 1.165) is 12.3 Å². The predicted molar refractivity (Wildman–Crippen MR) is 79.1 cm³/mol. The maximum absolute atomic E-state index is 13.4. The monoisotopic (exact) mass is 342 g/mol. The largest absolute Gasteiger partial charge is 0.477 e. The molecule has 24 heavy (non-hydrogen) atoms. The maximum atomic E-state index is 13.4. The van der Waals surface area contributed by atoms with Gasteiger partial charge in [-0.05, 0) is 12.5 Å². The summed E-state index contributed by atoms with van der Waals surface area (Å²) in [4.78, 5) is 31.2. The zero-order valence-electron chi connectivity index (χ0n) is 12.2. The highest BCUT2D eigenvalue weighted by Gasteiger charge is 2.36. The van der Waals surface area contributed by atoms with Crippen LogP contribution in [0.25, 0.3) is 11.0 Å². The van der Waals surface area contributed by atoms with E-state index in [2.05, 4.69) is 9.97 Å². The molecule has 1 atom stereocenters. The van der Waals surface area contributed by atoms with Gasteiger partial charge in [0.15, 0.2) is 0 Å². The Morgan fingerprint density at radius 3 is 2.71 bits per heavy atom.